The lowest BCUT2D eigenvalue weighted by atomic mass is 10.2. The molecule has 6 nitrogen and oxygen atoms in total. The summed E-state index contributed by atoms with van der Waals surface area (Å²) in [6.45, 7) is -0.338. The molecule has 2 aromatic carbocycles. The van der Waals surface area contributed by atoms with Gasteiger partial charge in [0.05, 0.1) is 5.02 Å². The third-order valence-electron chi connectivity index (χ3n) is 3.10. The van der Waals surface area contributed by atoms with Crippen molar-refractivity contribution in [1.29, 1.82) is 0 Å². The number of halogens is 3. The maximum absolute atomic E-state index is 12.8. The quantitative estimate of drug-likeness (QED) is 0.377. The summed E-state index contributed by atoms with van der Waals surface area (Å²) in [4.78, 5) is 23.5. The molecule has 0 saturated carbocycles. The van der Waals surface area contributed by atoms with Gasteiger partial charge >= 0.3 is 0 Å². The van der Waals surface area contributed by atoms with Crippen molar-refractivity contribution in [2.24, 2.45) is 0 Å². The number of hydrogen-bond acceptors (Lipinski definition) is 4. The number of carbonyl (C=O) groups is 2. The van der Waals surface area contributed by atoms with Crippen LogP contribution in [-0.4, -0.2) is 23.5 Å². The maximum Gasteiger partial charge on any atom is 0.276 e. The van der Waals surface area contributed by atoms with Crippen LogP contribution in [0.2, 0.25) is 10.0 Å². The highest BCUT2D eigenvalue weighted by Crippen LogP contribution is 2.27. The molecule has 10 heteroatoms. The third-order valence-corrected chi connectivity index (χ3v) is 3.84. The van der Waals surface area contributed by atoms with Crippen LogP contribution >= 0.6 is 35.4 Å². The van der Waals surface area contributed by atoms with E-state index in [1.165, 1.54) is 48.6 Å². The van der Waals surface area contributed by atoms with Gasteiger partial charge < -0.3 is 4.74 Å². The molecule has 0 heterocycles. The van der Waals surface area contributed by atoms with Crippen molar-refractivity contribution in [2.75, 3.05) is 6.61 Å². The Balaban J connectivity index is 1.71. The fourth-order valence-electron chi connectivity index (χ4n) is 1.83. The van der Waals surface area contributed by atoms with Crippen LogP contribution in [0, 0.1) is 5.82 Å². The van der Waals surface area contributed by atoms with Crippen molar-refractivity contribution in [2.45, 2.75) is 0 Å². The molecule has 0 aliphatic carbocycles. The lowest BCUT2D eigenvalue weighted by Gasteiger charge is -2.11. The molecular weight excluding hydrogens is 428 g/mol. The minimum Gasteiger partial charge on any atom is -0.482 e. The van der Waals surface area contributed by atoms with E-state index in [9.17, 15) is 14.0 Å². The van der Waals surface area contributed by atoms with E-state index >= 15 is 0 Å². The van der Waals surface area contributed by atoms with Crippen molar-refractivity contribution < 1.29 is 18.7 Å². The van der Waals surface area contributed by atoms with E-state index in [-0.39, 0.29) is 22.6 Å². The molecule has 3 N–H and O–H groups in total. The van der Waals surface area contributed by atoms with E-state index in [0.717, 1.165) is 0 Å². The Morgan fingerprint density at radius 3 is 2.50 bits per heavy atom. The van der Waals surface area contributed by atoms with Gasteiger partial charge in [0, 0.05) is 11.1 Å². The summed E-state index contributed by atoms with van der Waals surface area (Å²) in [6.07, 6.45) is 2.70. The van der Waals surface area contributed by atoms with Crippen LogP contribution in [0.3, 0.4) is 0 Å². The van der Waals surface area contributed by atoms with Gasteiger partial charge in [0.15, 0.2) is 11.7 Å². The second kappa shape index (κ2) is 10.6. The molecule has 0 radical (unpaired) electrons. The molecule has 0 spiro atoms. The first-order valence-electron chi connectivity index (χ1n) is 7.75. The first kappa shape index (κ1) is 21.6. The second-order valence-electron chi connectivity index (χ2n) is 5.24. The largest absolute Gasteiger partial charge is 0.482 e. The number of carbonyl (C=O) groups excluding carboxylic acids is 2. The fourth-order valence-corrected chi connectivity index (χ4v) is 2.44. The lowest BCUT2D eigenvalue weighted by Crippen LogP contribution is -2.49. The van der Waals surface area contributed by atoms with E-state index in [0.29, 0.717) is 16.3 Å². The van der Waals surface area contributed by atoms with Crippen molar-refractivity contribution in [3.05, 3.63) is 70.0 Å². The van der Waals surface area contributed by atoms with Crippen LogP contribution < -0.4 is 20.9 Å². The van der Waals surface area contributed by atoms with Crippen molar-refractivity contribution in [1.82, 2.24) is 16.2 Å². The van der Waals surface area contributed by atoms with Gasteiger partial charge in [0.2, 0.25) is 5.91 Å². The molecule has 2 rings (SSSR count). The summed E-state index contributed by atoms with van der Waals surface area (Å²) in [5.41, 5.74) is 5.27. The summed E-state index contributed by atoms with van der Waals surface area (Å²) in [6, 6.07) is 10.2. The van der Waals surface area contributed by atoms with Crippen molar-refractivity contribution >= 4 is 58.4 Å². The van der Waals surface area contributed by atoms with Crippen molar-refractivity contribution in [3.63, 3.8) is 0 Å². The Kier molecular flexibility index (Phi) is 8.19. The summed E-state index contributed by atoms with van der Waals surface area (Å²) < 4.78 is 18.1. The second-order valence-corrected chi connectivity index (χ2v) is 6.49. The van der Waals surface area contributed by atoms with Crippen LogP contribution in [0.25, 0.3) is 6.08 Å². The molecular formula is C18H14Cl2FN3O3S. The number of benzene rings is 2. The molecule has 0 atom stereocenters. The summed E-state index contributed by atoms with van der Waals surface area (Å²) in [5, 5.41) is 2.93. The summed E-state index contributed by atoms with van der Waals surface area (Å²) >= 11 is 16.6. The number of nitrogens with one attached hydrogen (secondary N) is 3. The van der Waals surface area contributed by atoms with E-state index in [1.807, 2.05) is 0 Å². The Hall–Kier alpha value is -2.68. The molecule has 0 fully saturated rings. The minimum absolute atomic E-state index is 0.119. The highest BCUT2D eigenvalue weighted by Gasteiger charge is 2.07. The SMILES string of the molecule is O=C(C=Cc1ccc(F)cc1)NC(=S)NNC(=O)COc1ccc(Cl)cc1Cl. The molecule has 2 aromatic rings. The van der Waals surface area contributed by atoms with Gasteiger partial charge in [0.1, 0.15) is 11.6 Å². The number of amides is 2. The van der Waals surface area contributed by atoms with Crippen LogP contribution in [0.5, 0.6) is 5.75 Å². The van der Waals surface area contributed by atoms with Crippen LogP contribution in [0.4, 0.5) is 4.39 Å². The van der Waals surface area contributed by atoms with Crippen molar-refractivity contribution in [3.8, 4) is 5.75 Å². The highest BCUT2D eigenvalue weighted by atomic mass is 35.5. The average molecular weight is 442 g/mol. The first-order chi connectivity index (χ1) is 13.3. The number of hydrogen-bond donors (Lipinski definition) is 3. The molecule has 146 valence electrons. The third kappa shape index (κ3) is 7.51. The van der Waals surface area contributed by atoms with Gasteiger partial charge in [-0.25, -0.2) is 4.39 Å². The Labute approximate surface area is 175 Å². The van der Waals surface area contributed by atoms with E-state index in [1.54, 1.807) is 6.07 Å². The summed E-state index contributed by atoms with van der Waals surface area (Å²) in [7, 11) is 0. The predicted octanol–water partition coefficient (Wildman–Crippen LogP) is 3.25. The molecule has 0 aromatic heterocycles. The molecule has 0 bridgehead atoms. The van der Waals surface area contributed by atoms with Gasteiger partial charge in [-0.2, -0.15) is 0 Å². The fraction of sp³-hybridized carbons (Fsp3) is 0.0556. The zero-order valence-corrected chi connectivity index (χ0v) is 16.5. The summed E-state index contributed by atoms with van der Waals surface area (Å²) in [5.74, 6) is -1.15. The maximum atomic E-state index is 12.8. The average Bonchev–Trinajstić information content (AvgIpc) is 2.65. The topological polar surface area (TPSA) is 79.5 Å². The zero-order valence-electron chi connectivity index (χ0n) is 14.2. The normalized spacial score (nSPS) is 10.4. The van der Waals surface area contributed by atoms with Gasteiger partial charge in [0.25, 0.3) is 5.91 Å². The molecule has 0 aliphatic rings. The number of ether oxygens (including phenoxy) is 1. The zero-order chi connectivity index (χ0) is 20.5. The van der Waals surface area contributed by atoms with E-state index in [2.05, 4.69) is 16.2 Å². The van der Waals surface area contributed by atoms with E-state index < -0.39 is 11.8 Å². The van der Waals surface area contributed by atoms with Gasteiger partial charge in [-0.1, -0.05) is 35.3 Å². The van der Waals surface area contributed by atoms with Gasteiger partial charge in [-0.15, -0.1) is 0 Å². The molecule has 0 unspecified atom stereocenters. The van der Waals surface area contributed by atoms with Gasteiger partial charge in [-0.3, -0.25) is 25.8 Å². The number of rotatable bonds is 5. The van der Waals surface area contributed by atoms with Crippen LogP contribution in [-0.2, 0) is 9.59 Å². The standard InChI is InChI=1S/C18H14Cl2FN3O3S/c19-12-4-7-15(14(20)9-12)27-10-17(26)23-24-18(28)22-16(25)8-3-11-1-5-13(21)6-2-11/h1-9H,10H2,(H,23,26)(H2,22,24,25,28). The lowest BCUT2D eigenvalue weighted by molar-refractivity contribution is -0.123. The monoisotopic (exact) mass is 441 g/mol. The first-order valence-corrected chi connectivity index (χ1v) is 8.91. The molecule has 28 heavy (non-hydrogen) atoms. The van der Waals surface area contributed by atoms with E-state index in [4.69, 9.17) is 40.2 Å². The number of thiocarbonyl (C=S) groups is 1. The van der Waals surface area contributed by atoms with Crippen LogP contribution in [0.15, 0.2) is 48.5 Å². The Morgan fingerprint density at radius 1 is 1.11 bits per heavy atom. The van der Waals surface area contributed by atoms with Gasteiger partial charge in [-0.05, 0) is 54.2 Å². The molecule has 0 aliphatic heterocycles. The van der Waals surface area contributed by atoms with Crippen LogP contribution in [0.1, 0.15) is 5.56 Å². The Morgan fingerprint density at radius 2 is 1.82 bits per heavy atom. The highest BCUT2D eigenvalue weighted by molar-refractivity contribution is 7.80. The predicted molar refractivity (Wildman–Crippen MR) is 109 cm³/mol. The molecule has 2 amide bonds. The number of hydrazine groups is 1. The Bertz CT molecular complexity index is 907. The minimum atomic E-state index is -0.551. The molecule has 0 saturated heterocycles. The smallest absolute Gasteiger partial charge is 0.276 e.